The Hall–Kier alpha value is -0.570. The van der Waals surface area contributed by atoms with Crippen LogP contribution in [-0.4, -0.2) is 36.6 Å². The zero-order chi connectivity index (χ0) is 25.0. The summed E-state index contributed by atoms with van der Waals surface area (Å²) in [5.74, 6) is -0.903. The molecule has 0 amide bonds. The lowest BCUT2D eigenvalue weighted by Crippen LogP contribution is -2.49. The van der Waals surface area contributed by atoms with Crippen LogP contribution in [0.1, 0.15) is 163 Å². The number of aliphatic carboxylic acids is 1. The largest absolute Gasteiger partial charge is 0.550 e. The van der Waals surface area contributed by atoms with E-state index in [9.17, 15) is 9.90 Å². The Kier molecular flexibility index (Phi) is 29.0. The van der Waals surface area contributed by atoms with Crippen molar-refractivity contribution in [1.29, 1.82) is 0 Å². The number of hydrogen-bond donors (Lipinski definition) is 0. The fourth-order valence-electron chi connectivity index (χ4n) is 4.60. The average molecular weight is 470 g/mol. The molecule has 33 heavy (non-hydrogen) atoms. The predicted octanol–water partition coefficient (Wildman–Crippen LogP) is 8.44. The van der Waals surface area contributed by atoms with Crippen molar-refractivity contribution in [3.63, 3.8) is 0 Å². The number of carbonyl (C=O) groups excluding carboxylic acids is 1. The number of carbonyl (C=O) groups is 1. The number of quaternary nitrogens is 1. The minimum Gasteiger partial charge on any atom is -0.550 e. The molecule has 0 saturated carbocycles. The Morgan fingerprint density at radius 3 is 1.06 bits per heavy atom. The monoisotopic (exact) mass is 469 g/mol. The Morgan fingerprint density at radius 1 is 0.485 bits per heavy atom. The van der Waals surface area contributed by atoms with E-state index in [1.165, 1.54) is 140 Å². The van der Waals surface area contributed by atoms with E-state index in [1.54, 1.807) is 0 Å². The molecule has 0 saturated heterocycles. The second kappa shape index (κ2) is 27.7. The number of hydrogen-bond acceptors (Lipinski definition) is 2. The van der Waals surface area contributed by atoms with E-state index < -0.39 is 5.97 Å². The number of carboxylic acid groups (broad SMARTS) is 1. The molecule has 0 aliphatic carbocycles. The second-order valence-electron chi connectivity index (χ2n) is 10.2. The van der Waals surface area contributed by atoms with E-state index in [1.807, 2.05) is 0 Å². The zero-order valence-corrected chi connectivity index (χ0v) is 23.7. The molecule has 0 rings (SSSR count). The topological polar surface area (TPSA) is 40.1 Å². The van der Waals surface area contributed by atoms with Gasteiger partial charge in [-0.15, -0.1) is 0 Å². The van der Waals surface area contributed by atoms with Gasteiger partial charge < -0.3 is 14.4 Å². The SMILES string of the molecule is CCCCCCCCCCCCCCCCCC(=O)[O-].CCCC[N+](CC)(CC)CCCC. The third kappa shape index (κ3) is 25.9. The summed E-state index contributed by atoms with van der Waals surface area (Å²) in [5, 5.41) is 10.2. The fourth-order valence-corrected chi connectivity index (χ4v) is 4.60. The van der Waals surface area contributed by atoms with Crippen LogP contribution >= 0.6 is 0 Å². The molecule has 0 aliphatic heterocycles. The Morgan fingerprint density at radius 2 is 0.788 bits per heavy atom. The average Bonchev–Trinajstić information content (AvgIpc) is 2.82. The summed E-state index contributed by atoms with van der Waals surface area (Å²) < 4.78 is 1.35. The Balaban J connectivity index is 0. The molecular weight excluding hydrogens is 406 g/mol. The maximum Gasteiger partial charge on any atom is 0.0786 e. The summed E-state index contributed by atoms with van der Waals surface area (Å²) in [6, 6.07) is 0. The van der Waals surface area contributed by atoms with E-state index in [-0.39, 0.29) is 6.42 Å². The second-order valence-corrected chi connectivity index (χ2v) is 10.2. The summed E-state index contributed by atoms with van der Waals surface area (Å²) >= 11 is 0. The highest BCUT2D eigenvalue weighted by Gasteiger charge is 2.20. The van der Waals surface area contributed by atoms with Crippen LogP contribution in [0.15, 0.2) is 0 Å². The number of carboxylic acids is 1. The molecule has 3 nitrogen and oxygen atoms in total. The van der Waals surface area contributed by atoms with Crippen molar-refractivity contribution in [3.8, 4) is 0 Å². The molecule has 0 atom stereocenters. The van der Waals surface area contributed by atoms with Gasteiger partial charge in [0.05, 0.1) is 26.2 Å². The smallest absolute Gasteiger partial charge is 0.0786 e. The fraction of sp³-hybridized carbons (Fsp3) is 0.967. The molecule has 3 heteroatoms. The third-order valence-electron chi connectivity index (χ3n) is 7.30. The first-order valence-electron chi connectivity index (χ1n) is 15.1. The Labute approximate surface area is 209 Å². The number of nitrogens with zero attached hydrogens (tertiary/aromatic N) is 1. The van der Waals surface area contributed by atoms with E-state index >= 15 is 0 Å². The van der Waals surface area contributed by atoms with Crippen LogP contribution in [0.3, 0.4) is 0 Å². The summed E-state index contributed by atoms with van der Waals surface area (Å²) in [6.45, 7) is 17.0. The molecule has 0 aromatic heterocycles. The van der Waals surface area contributed by atoms with Crippen molar-refractivity contribution >= 4 is 5.97 Å². The summed E-state index contributed by atoms with van der Waals surface area (Å²) in [5.41, 5.74) is 0. The van der Waals surface area contributed by atoms with Gasteiger partial charge in [0.25, 0.3) is 0 Å². The van der Waals surface area contributed by atoms with Gasteiger partial charge in [0.2, 0.25) is 0 Å². The van der Waals surface area contributed by atoms with Gasteiger partial charge in [-0.2, -0.15) is 0 Å². The van der Waals surface area contributed by atoms with E-state index in [0.717, 1.165) is 12.8 Å². The predicted molar refractivity (Wildman–Crippen MR) is 145 cm³/mol. The number of unbranched alkanes of at least 4 members (excludes halogenated alkanes) is 16. The van der Waals surface area contributed by atoms with E-state index in [4.69, 9.17) is 0 Å². The first kappa shape index (κ1) is 34.6. The molecule has 0 bridgehead atoms. The molecule has 0 radical (unpaired) electrons. The van der Waals surface area contributed by atoms with Gasteiger partial charge >= 0.3 is 0 Å². The molecule has 0 heterocycles. The van der Waals surface area contributed by atoms with Crippen LogP contribution < -0.4 is 5.11 Å². The first-order valence-corrected chi connectivity index (χ1v) is 15.1. The molecule has 0 aromatic carbocycles. The van der Waals surface area contributed by atoms with Crippen LogP contribution in [0.25, 0.3) is 0 Å². The molecule has 0 N–H and O–H groups in total. The van der Waals surface area contributed by atoms with Gasteiger partial charge in [-0.3, -0.25) is 0 Å². The first-order chi connectivity index (χ1) is 16.0. The van der Waals surface area contributed by atoms with Gasteiger partial charge in [-0.25, -0.2) is 0 Å². The van der Waals surface area contributed by atoms with Crippen molar-refractivity contribution in [2.24, 2.45) is 0 Å². The van der Waals surface area contributed by atoms with E-state index in [0.29, 0.717) is 0 Å². The molecule has 200 valence electrons. The lowest BCUT2D eigenvalue weighted by atomic mass is 10.0. The van der Waals surface area contributed by atoms with Crippen molar-refractivity contribution in [2.75, 3.05) is 26.2 Å². The molecule has 0 spiro atoms. The van der Waals surface area contributed by atoms with Crippen LogP contribution in [0.2, 0.25) is 0 Å². The molecule has 0 unspecified atom stereocenters. The molecule has 0 aliphatic rings. The third-order valence-corrected chi connectivity index (χ3v) is 7.30. The zero-order valence-electron chi connectivity index (χ0n) is 23.7. The maximum atomic E-state index is 10.2. The summed E-state index contributed by atoms with van der Waals surface area (Å²) in [7, 11) is 0. The highest BCUT2D eigenvalue weighted by molar-refractivity contribution is 5.63. The van der Waals surface area contributed by atoms with Gasteiger partial charge in [0.1, 0.15) is 0 Å². The van der Waals surface area contributed by atoms with Gasteiger partial charge in [-0.1, -0.05) is 124 Å². The molecule has 0 aromatic rings. The van der Waals surface area contributed by atoms with Crippen molar-refractivity contribution in [1.82, 2.24) is 0 Å². The van der Waals surface area contributed by atoms with Gasteiger partial charge in [0, 0.05) is 5.97 Å². The Bertz CT molecular complexity index is 369. The molecular formula is C30H63NO2. The lowest BCUT2D eigenvalue weighted by Gasteiger charge is -2.37. The summed E-state index contributed by atoms with van der Waals surface area (Å²) in [6.07, 6.45) is 25.3. The quantitative estimate of drug-likeness (QED) is 0.105. The lowest BCUT2D eigenvalue weighted by molar-refractivity contribution is -0.925. The summed E-state index contributed by atoms with van der Waals surface area (Å²) in [4.78, 5) is 10.2. The van der Waals surface area contributed by atoms with Gasteiger partial charge in [-0.05, 0) is 39.5 Å². The maximum absolute atomic E-state index is 10.2. The highest BCUT2D eigenvalue weighted by Crippen LogP contribution is 2.14. The minimum absolute atomic E-state index is 0.234. The van der Waals surface area contributed by atoms with Crippen LogP contribution in [0.5, 0.6) is 0 Å². The van der Waals surface area contributed by atoms with Crippen molar-refractivity contribution < 1.29 is 14.4 Å². The van der Waals surface area contributed by atoms with Crippen molar-refractivity contribution in [3.05, 3.63) is 0 Å². The normalized spacial score (nSPS) is 11.3. The minimum atomic E-state index is -0.903. The highest BCUT2D eigenvalue weighted by atomic mass is 16.4. The van der Waals surface area contributed by atoms with Gasteiger partial charge in [0.15, 0.2) is 0 Å². The van der Waals surface area contributed by atoms with Crippen LogP contribution in [-0.2, 0) is 4.79 Å². The number of rotatable bonds is 24. The molecule has 0 fully saturated rings. The van der Waals surface area contributed by atoms with Crippen LogP contribution in [0.4, 0.5) is 0 Å². The standard InChI is InChI=1S/C18H36O2.C12H28N/c1-2-3-4-5-6-7-8-9-10-11-12-13-14-15-16-17-18(19)20;1-5-9-11-13(7-3,8-4)12-10-6-2/h2-17H2,1H3,(H,19,20);5-12H2,1-4H3/q;+1/p-1. The van der Waals surface area contributed by atoms with Crippen LogP contribution in [0, 0.1) is 0 Å². The van der Waals surface area contributed by atoms with E-state index in [2.05, 4.69) is 34.6 Å². The van der Waals surface area contributed by atoms with Crippen molar-refractivity contribution in [2.45, 2.75) is 163 Å².